The quantitative estimate of drug-likeness (QED) is 0.479. The first kappa shape index (κ1) is 17.7. The van der Waals surface area contributed by atoms with Crippen LogP contribution in [0, 0.1) is 0 Å². The smallest absolute Gasteiger partial charge is 0.166 e. The number of rotatable bonds is 4. The molecule has 0 aliphatic rings. The van der Waals surface area contributed by atoms with Crippen molar-refractivity contribution >= 4 is 47.4 Å². The molecule has 0 saturated carbocycles. The Bertz CT molecular complexity index is 876. The summed E-state index contributed by atoms with van der Waals surface area (Å²) in [5, 5.41) is 2.41. The van der Waals surface area contributed by atoms with E-state index in [2.05, 4.69) is 24.5 Å². The van der Waals surface area contributed by atoms with E-state index in [-0.39, 0.29) is 6.04 Å². The molecule has 0 aliphatic carbocycles. The number of nitrogens with zero attached hydrogens (tertiary/aromatic N) is 2. The van der Waals surface area contributed by atoms with Crippen molar-refractivity contribution in [1.82, 2.24) is 9.55 Å². The molecule has 1 aromatic heterocycles. The molecule has 3 rings (SSSR count). The summed E-state index contributed by atoms with van der Waals surface area (Å²) in [7, 11) is 0. The topological polar surface area (TPSA) is 17.8 Å². The van der Waals surface area contributed by atoms with Crippen LogP contribution < -0.4 is 0 Å². The average Bonchev–Trinajstić information content (AvgIpc) is 2.93. The third-order valence-electron chi connectivity index (χ3n) is 3.88. The molecule has 0 bridgehead atoms. The SMILES string of the molecule is CCC(c1ccc(Cl)c(Cl)c1)n1cc(-c2cccc(Cl)c2)nc1S. The predicted molar refractivity (Wildman–Crippen MR) is 105 cm³/mol. The van der Waals surface area contributed by atoms with Gasteiger partial charge in [-0.25, -0.2) is 4.98 Å². The normalized spacial score (nSPS) is 12.4. The molecule has 1 unspecified atom stereocenters. The maximum absolute atomic E-state index is 6.17. The molecule has 1 heterocycles. The van der Waals surface area contributed by atoms with E-state index in [0.29, 0.717) is 20.2 Å². The molecule has 0 aliphatic heterocycles. The molecular formula is C18H15Cl3N2S. The van der Waals surface area contributed by atoms with E-state index < -0.39 is 0 Å². The zero-order valence-corrected chi connectivity index (χ0v) is 16.0. The molecule has 0 fully saturated rings. The molecule has 24 heavy (non-hydrogen) atoms. The minimum atomic E-state index is 0.0766. The molecule has 2 aromatic carbocycles. The number of halogens is 3. The maximum atomic E-state index is 6.17. The minimum absolute atomic E-state index is 0.0766. The highest BCUT2D eigenvalue weighted by atomic mass is 35.5. The van der Waals surface area contributed by atoms with Gasteiger partial charge in [0.25, 0.3) is 0 Å². The Labute approximate surface area is 161 Å². The highest BCUT2D eigenvalue weighted by Gasteiger charge is 2.17. The number of aromatic nitrogens is 2. The van der Waals surface area contributed by atoms with Crippen LogP contribution in [0.25, 0.3) is 11.3 Å². The highest BCUT2D eigenvalue weighted by Crippen LogP contribution is 2.32. The van der Waals surface area contributed by atoms with Gasteiger partial charge >= 0.3 is 0 Å². The Morgan fingerprint density at radius 3 is 2.54 bits per heavy atom. The lowest BCUT2D eigenvalue weighted by Crippen LogP contribution is -2.09. The molecule has 0 amide bonds. The van der Waals surface area contributed by atoms with Gasteiger partial charge in [0, 0.05) is 16.8 Å². The van der Waals surface area contributed by atoms with Gasteiger partial charge in [-0.15, -0.1) is 12.6 Å². The molecule has 2 nitrogen and oxygen atoms in total. The van der Waals surface area contributed by atoms with Crippen LogP contribution in [-0.4, -0.2) is 9.55 Å². The van der Waals surface area contributed by atoms with Gasteiger partial charge in [-0.05, 0) is 36.2 Å². The van der Waals surface area contributed by atoms with Crippen molar-refractivity contribution in [2.75, 3.05) is 0 Å². The van der Waals surface area contributed by atoms with E-state index in [4.69, 9.17) is 34.8 Å². The van der Waals surface area contributed by atoms with Crippen LogP contribution in [0.2, 0.25) is 15.1 Å². The van der Waals surface area contributed by atoms with Crippen LogP contribution in [0.15, 0.2) is 53.8 Å². The second-order valence-corrected chi connectivity index (χ2v) is 7.09. The molecule has 0 radical (unpaired) electrons. The van der Waals surface area contributed by atoms with Crippen molar-refractivity contribution in [3.63, 3.8) is 0 Å². The number of imidazole rings is 1. The van der Waals surface area contributed by atoms with Crippen molar-refractivity contribution in [3.8, 4) is 11.3 Å². The largest absolute Gasteiger partial charge is 0.318 e. The van der Waals surface area contributed by atoms with Crippen LogP contribution in [0.5, 0.6) is 0 Å². The van der Waals surface area contributed by atoms with Crippen molar-refractivity contribution in [3.05, 3.63) is 69.3 Å². The van der Waals surface area contributed by atoms with E-state index in [1.807, 2.05) is 53.2 Å². The summed E-state index contributed by atoms with van der Waals surface area (Å²) in [6.45, 7) is 2.11. The summed E-state index contributed by atoms with van der Waals surface area (Å²) >= 11 is 22.8. The summed E-state index contributed by atoms with van der Waals surface area (Å²) in [6, 6.07) is 13.4. The van der Waals surface area contributed by atoms with Crippen LogP contribution in [-0.2, 0) is 0 Å². The van der Waals surface area contributed by atoms with Crippen LogP contribution >= 0.6 is 47.4 Å². The van der Waals surface area contributed by atoms with Crippen LogP contribution in [0.3, 0.4) is 0 Å². The fourth-order valence-electron chi connectivity index (χ4n) is 2.71. The van der Waals surface area contributed by atoms with Gasteiger partial charge in [0.15, 0.2) is 5.16 Å². The Kier molecular flexibility index (Phi) is 5.46. The first-order valence-electron chi connectivity index (χ1n) is 7.48. The first-order valence-corrected chi connectivity index (χ1v) is 9.06. The van der Waals surface area contributed by atoms with Gasteiger partial charge in [-0.1, -0.05) is 59.9 Å². The summed E-state index contributed by atoms with van der Waals surface area (Å²) in [6.07, 6.45) is 2.86. The van der Waals surface area contributed by atoms with Crippen LogP contribution in [0.1, 0.15) is 24.9 Å². The molecule has 124 valence electrons. The summed E-state index contributed by atoms with van der Waals surface area (Å²) in [5.74, 6) is 0. The zero-order chi connectivity index (χ0) is 17.3. The summed E-state index contributed by atoms with van der Waals surface area (Å²) < 4.78 is 2.04. The van der Waals surface area contributed by atoms with Gasteiger partial charge in [0.05, 0.1) is 21.8 Å². The fourth-order valence-corrected chi connectivity index (χ4v) is 3.51. The lowest BCUT2D eigenvalue weighted by molar-refractivity contribution is 0.525. The van der Waals surface area contributed by atoms with Crippen molar-refractivity contribution < 1.29 is 0 Å². The lowest BCUT2D eigenvalue weighted by Gasteiger charge is -2.19. The third-order valence-corrected chi connectivity index (χ3v) is 5.19. The minimum Gasteiger partial charge on any atom is -0.318 e. The monoisotopic (exact) mass is 396 g/mol. The van der Waals surface area contributed by atoms with Gasteiger partial charge in [0.2, 0.25) is 0 Å². The maximum Gasteiger partial charge on any atom is 0.166 e. The Morgan fingerprint density at radius 1 is 1.08 bits per heavy atom. The fraction of sp³-hybridized carbons (Fsp3) is 0.167. The Morgan fingerprint density at radius 2 is 1.88 bits per heavy atom. The van der Waals surface area contributed by atoms with Crippen LogP contribution in [0.4, 0.5) is 0 Å². The van der Waals surface area contributed by atoms with Crippen molar-refractivity contribution in [2.45, 2.75) is 24.5 Å². The second kappa shape index (κ2) is 7.40. The number of hydrogen-bond acceptors (Lipinski definition) is 2. The van der Waals surface area contributed by atoms with E-state index in [1.54, 1.807) is 0 Å². The molecular weight excluding hydrogens is 383 g/mol. The summed E-state index contributed by atoms with van der Waals surface area (Å²) in [5.41, 5.74) is 2.86. The van der Waals surface area contributed by atoms with E-state index in [0.717, 1.165) is 23.2 Å². The average molecular weight is 398 g/mol. The highest BCUT2D eigenvalue weighted by molar-refractivity contribution is 7.80. The Balaban J connectivity index is 2.02. The van der Waals surface area contributed by atoms with Gasteiger partial charge in [-0.3, -0.25) is 0 Å². The van der Waals surface area contributed by atoms with Crippen molar-refractivity contribution in [2.24, 2.45) is 0 Å². The number of benzene rings is 2. The van der Waals surface area contributed by atoms with Gasteiger partial charge in [-0.2, -0.15) is 0 Å². The molecule has 0 saturated heterocycles. The van der Waals surface area contributed by atoms with Gasteiger partial charge < -0.3 is 4.57 Å². The molecule has 0 spiro atoms. The Hall–Kier alpha value is -1.13. The lowest BCUT2D eigenvalue weighted by atomic mass is 10.0. The molecule has 3 aromatic rings. The summed E-state index contributed by atoms with van der Waals surface area (Å²) in [4.78, 5) is 4.57. The third kappa shape index (κ3) is 3.60. The number of thiol groups is 1. The standard InChI is InChI=1S/C18H15Cl3N2S/c1-2-17(12-6-7-14(20)15(21)9-12)23-10-16(22-18(23)24)11-4-3-5-13(19)8-11/h3-10,17H,2H2,1H3,(H,22,24). The molecule has 6 heteroatoms. The molecule has 1 atom stereocenters. The van der Waals surface area contributed by atoms with E-state index in [1.165, 1.54) is 0 Å². The van der Waals surface area contributed by atoms with E-state index in [9.17, 15) is 0 Å². The number of hydrogen-bond donors (Lipinski definition) is 1. The van der Waals surface area contributed by atoms with Crippen molar-refractivity contribution in [1.29, 1.82) is 0 Å². The first-order chi connectivity index (χ1) is 11.5. The van der Waals surface area contributed by atoms with E-state index >= 15 is 0 Å². The predicted octanol–water partition coefficient (Wildman–Crippen LogP) is 6.80. The molecule has 0 N–H and O–H groups in total. The second-order valence-electron chi connectivity index (χ2n) is 5.44. The van der Waals surface area contributed by atoms with Gasteiger partial charge in [0.1, 0.15) is 0 Å². The zero-order valence-electron chi connectivity index (χ0n) is 12.9.